The normalized spacial score (nSPS) is 17.4. The van der Waals surface area contributed by atoms with E-state index in [-0.39, 0.29) is 35.7 Å². The van der Waals surface area contributed by atoms with E-state index in [0.717, 1.165) is 41.5 Å². The first-order valence-electron chi connectivity index (χ1n) is 13.4. The molecule has 0 atom stereocenters. The summed E-state index contributed by atoms with van der Waals surface area (Å²) in [7, 11) is 0. The second kappa shape index (κ2) is 10.0. The molecule has 1 aliphatic heterocycles. The van der Waals surface area contributed by atoms with Crippen LogP contribution in [-0.4, -0.2) is 41.4 Å². The van der Waals surface area contributed by atoms with Crippen molar-refractivity contribution in [3.05, 3.63) is 83.4 Å². The van der Waals surface area contributed by atoms with Crippen molar-refractivity contribution in [1.29, 1.82) is 0 Å². The highest BCUT2D eigenvalue weighted by Gasteiger charge is 2.43. The Kier molecular flexibility index (Phi) is 6.37. The molecule has 40 heavy (non-hydrogen) atoms. The molecule has 10 nitrogen and oxygen atoms in total. The predicted octanol–water partition coefficient (Wildman–Crippen LogP) is 4.86. The van der Waals surface area contributed by atoms with Crippen molar-refractivity contribution in [2.24, 2.45) is 21.5 Å². The highest BCUT2D eigenvalue weighted by Crippen LogP contribution is 2.45. The number of carboxylic acids is 1. The second-order valence-electron chi connectivity index (χ2n) is 10.3. The van der Waals surface area contributed by atoms with Crippen LogP contribution in [0.1, 0.15) is 59.5 Å². The number of aliphatic imine (C=N–C) groups is 2. The van der Waals surface area contributed by atoms with Gasteiger partial charge in [0.1, 0.15) is 12.3 Å². The van der Waals surface area contributed by atoms with Gasteiger partial charge in [-0.25, -0.2) is 14.6 Å². The Morgan fingerprint density at radius 2 is 1.62 bits per heavy atom. The summed E-state index contributed by atoms with van der Waals surface area (Å²) in [6.07, 6.45) is 3.57. The topological polar surface area (TPSA) is 156 Å². The Bertz CT molecular complexity index is 1510. The minimum Gasteiger partial charge on any atom is -0.478 e. The molecule has 6 rings (SSSR count). The van der Waals surface area contributed by atoms with Gasteiger partial charge in [-0.3, -0.25) is 10.2 Å². The van der Waals surface area contributed by atoms with Crippen LogP contribution in [0, 0.1) is 0 Å². The van der Waals surface area contributed by atoms with E-state index in [1.165, 1.54) is 12.1 Å². The largest absolute Gasteiger partial charge is 0.478 e. The Morgan fingerprint density at radius 1 is 0.975 bits per heavy atom. The number of carboxylic acid groups (broad SMARTS) is 1. The maximum Gasteiger partial charge on any atom is 0.411 e. The van der Waals surface area contributed by atoms with Gasteiger partial charge in [0.15, 0.2) is 0 Å². The molecule has 1 spiro atoms. The summed E-state index contributed by atoms with van der Waals surface area (Å²) in [5.41, 5.74) is 16.8. The van der Waals surface area contributed by atoms with E-state index < -0.39 is 17.7 Å². The van der Waals surface area contributed by atoms with Crippen LogP contribution < -0.4 is 21.7 Å². The zero-order chi connectivity index (χ0) is 27.9. The van der Waals surface area contributed by atoms with Crippen molar-refractivity contribution in [2.45, 2.75) is 43.7 Å². The molecule has 2 aliphatic carbocycles. The fourth-order valence-electron chi connectivity index (χ4n) is 6.18. The van der Waals surface area contributed by atoms with Gasteiger partial charge in [-0.2, -0.15) is 4.99 Å². The molecule has 3 aromatic rings. The average molecular weight is 539 g/mol. The van der Waals surface area contributed by atoms with Gasteiger partial charge in [-0.15, -0.1) is 0 Å². The molecule has 0 radical (unpaired) electrons. The number of hydrogen-bond donors (Lipinski definition) is 4. The fourth-order valence-corrected chi connectivity index (χ4v) is 6.18. The van der Waals surface area contributed by atoms with Crippen LogP contribution >= 0.6 is 0 Å². The molecule has 0 bridgehead atoms. The van der Waals surface area contributed by atoms with Gasteiger partial charge in [0.25, 0.3) is 0 Å². The summed E-state index contributed by atoms with van der Waals surface area (Å²) in [6, 6.07) is 20.6. The number of fused-ring (bicyclic) bond motifs is 3. The lowest BCUT2D eigenvalue weighted by molar-refractivity contribution is 0.0696. The quantitative estimate of drug-likeness (QED) is 0.362. The van der Waals surface area contributed by atoms with Crippen LogP contribution in [0.2, 0.25) is 0 Å². The number of nitrogens with two attached hydrogens (primary N) is 2. The van der Waals surface area contributed by atoms with Crippen LogP contribution in [0.3, 0.4) is 0 Å². The van der Waals surface area contributed by atoms with Crippen LogP contribution in [0.5, 0.6) is 0 Å². The molecule has 204 valence electrons. The molecule has 6 N–H and O–H groups in total. The highest BCUT2D eigenvalue weighted by atomic mass is 16.5. The Labute approximate surface area is 231 Å². The zero-order valence-corrected chi connectivity index (χ0v) is 21.8. The van der Waals surface area contributed by atoms with Crippen molar-refractivity contribution in [2.75, 3.05) is 16.8 Å². The third-order valence-corrected chi connectivity index (χ3v) is 7.92. The van der Waals surface area contributed by atoms with Crippen LogP contribution in [-0.2, 0) is 4.74 Å². The number of carbonyl (C=O) groups excluding carboxylic acids is 1. The molecule has 10 heteroatoms. The van der Waals surface area contributed by atoms with E-state index in [4.69, 9.17) is 16.2 Å². The molecule has 0 aromatic heterocycles. The average Bonchev–Trinajstić information content (AvgIpc) is 3.26. The van der Waals surface area contributed by atoms with E-state index in [1.54, 1.807) is 11.0 Å². The number of guanidine groups is 2. The lowest BCUT2D eigenvalue weighted by Crippen LogP contribution is -2.58. The smallest absolute Gasteiger partial charge is 0.411 e. The Balaban J connectivity index is 1.29. The van der Waals surface area contributed by atoms with Gasteiger partial charge >= 0.3 is 12.1 Å². The van der Waals surface area contributed by atoms with E-state index >= 15 is 0 Å². The van der Waals surface area contributed by atoms with Crippen LogP contribution in [0.25, 0.3) is 11.1 Å². The van der Waals surface area contributed by atoms with Gasteiger partial charge in [-0.1, -0.05) is 55.0 Å². The molecular formula is C30H30N6O4. The first kappa shape index (κ1) is 25.4. The molecule has 1 fully saturated rings. The number of nitrogens with zero attached hydrogens (tertiary/aromatic N) is 3. The number of amides is 1. The fraction of sp³-hybridized carbons (Fsp3) is 0.267. The van der Waals surface area contributed by atoms with Gasteiger partial charge in [0.2, 0.25) is 11.9 Å². The lowest BCUT2D eigenvalue weighted by Gasteiger charge is -2.46. The maximum absolute atomic E-state index is 13.2. The minimum atomic E-state index is -1.13. The van der Waals surface area contributed by atoms with Crippen LogP contribution in [0.4, 0.5) is 16.2 Å². The summed E-state index contributed by atoms with van der Waals surface area (Å²) < 4.78 is 5.74. The zero-order valence-electron chi connectivity index (χ0n) is 21.8. The van der Waals surface area contributed by atoms with Gasteiger partial charge in [-0.05, 0) is 66.1 Å². The van der Waals surface area contributed by atoms with Crippen LogP contribution in [0.15, 0.2) is 76.7 Å². The first-order valence-corrected chi connectivity index (χ1v) is 13.4. The van der Waals surface area contributed by atoms with Crippen molar-refractivity contribution in [1.82, 2.24) is 0 Å². The SMILES string of the molecule is NC1=NC2(CCCCC2)N(c2ccc(C(=O)O)cc2NC(=O)OCC2c3ccccc3-c3ccccc32)C(N)=N1. The summed E-state index contributed by atoms with van der Waals surface area (Å²) in [6.45, 7) is 0.117. The predicted molar refractivity (Wildman–Crippen MR) is 154 cm³/mol. The molecular weight excluding hydrogens is 508 g/mol. The number of benzene rings is 3. The van der Waals surface area contributed by atoms with E-state index in [0.29, 0.717) is 18.5 Å². The molecule has 0 unspecified atom stereocenters. The minimum absolute atomic E-state index is 0.00549. The molecule has 1 amide bonds. The molecule has 3 aliphatic rings. The van der Waals surface area contributed by atoms with Crippen molar-refractivity contribution >= 4 is 35.4 Å². The van der Waals surface area contributed by atoms with Gasteiger partial charge in [0.05, 0.1) is 16.9 Å². The molecule has 0 saturated heterocycles. The highest BCUT2D eigenvalue weighted by molar-refractivity contribution is 6.08. The number of carbonyl (C=O) groups is 2. The number of aromatic carboxylic acids is 1. The van der Waals surface area contributed by atoms with Gasteiger partial charge in [0, 0.05) is 5.92 Å². The Hall–Kier alpha value is -4.86. The number of anilines is 2. The Morgan fingerprint density at radius 3 is 2.27 bits per heavy atom. The number of nitrogens with one attached hydrogen (secondary N) is 1. The lowest BCUT2D eigenvalue weighted by atomic mass is 9.87. The summed E-state index contributed by atoms with van der Waals surface area (Å²) >= 11 is 0. The second-order valence-corrected chi connectivity index (χ2v) is 10.3. The maximum atomic E-state index is 13.2. The van der Waals surface area contributed by atoms with Crippen molar-refractivity contribution in [3.8, 4) is 11.1 Å². The molecule has 1 saturated carbocycles. The number of hydrogen-bond acceptors (Lipinski definition) is 8. The molecule has 3 aromatic carbocycles. The summed E-state index contributed by atoms with van der Waals surface area (Å²) in [4.78, 5) is 35.6. The van der Waals surface area contributed by atoms with Crippen molar-refractivity contribution < 1.29 is 19.4 Å². The third-order valence-electron chi connectivity index (χ3n) is 7.92. The van der Waals surface area contributed by atoms with E-state index in [1.807, 2.05) is 36.4 Å². The third kappa shape index (κ3) is 4.41. The number of ether oxygens (including phenoxy) is 1. The van der Waals surface area contributed by atoms with E-state index in [2.05, 4.69) is 27.4 Å². The monoisotopic (exact) mass is 538 g/mol. The summed E-state index contributed by atoms with van der Waals surface area (Å²) in [5, 5.41) is 12.4. The van der Waals surface area contributed by atoms with E-state index in [9.17, 15) is 14.7 Å². The van der Waals surface area contributed by atoms with Gasteiger partial charge < -0.3 is 21.3 Å². The van der Waals surface area contributed by atoms with Crippen molar-refractivity contribution in [3.63, 3.8) is 0 Å². The summed E-state index contributed by atoms with van der Waals surface area (Å²) in [5.74, 6) is -1.01. The molecule has 1 heterocycles. The standard InChI is InChI=1S/C30H30N6O4/c31-27-34-28(32)36(30(35-27)14-6-1-7-15-30)25-13-12-18(26(37)38)16-24(25)33-29(39)40-17-23-21-10-4-2-8-19(21)20-9-3-5-11-22(20)23/h2-5,8-13,16,23H,1,6-7,14-15,17H2,(H,33,39)(H,37,38)(H4,31,32,34,35). The number of rotatable bonds is 5. The first-order chi connectivity index (χ1) is 19.4.